The highest BCUT2D eigenvalue weighted by Crippen LogP contribution is 2.63. The molecule has 3 unspecified atom stereocenters. The Hall–Kier alpha value is -1.45. The van der Waals surface area contributed by atoms with Gasteiger partial charge in [-0.05, 0) is 36.0 Å². The minimum Gasteiger partial charge on any atom is -0.495 e. The number of halogens is 1. The van der Waals surface area contributed by atoms with Gasteiger partial charge in [0.15, 0.2) is 0 Å². The zero-order chi connectivity index (χ0) is 15.4. The van der Waals surface area contributed by atoms with Gasteiger partial charge in [0.1, 0.15) is 11.6 Å². The van der Waals surface area contributed by atoms with Gasteiger partial charge in [-0.3, -0.25) is 0 Å². The SMILES string of the molecule is COc1cc(NC2C3(C)CCC(C3)C2(C)C)c(F)cc1N. The van der Waals surface area contributed by atoms with E-state index in [-0.39, 0.29) is 22.7 Å². The van der Waals surface area contributed by atoms with E-state index < -0.39 is 0 Å². The smallest absolute Gasteiger partial charge is 0.148 e. The van der Waals surface area contributed by atoms with Crippen LogP contribution < -0.4 is 15.8 Å². The molecule has 4 heteroatoms. The number of nitrogens with two attached hydrogens (primary N) is 1. The van der Waals surface area contributed by atoms with E-state index in [0.717, 1.165) is 5.92 Å². The Labute approximate surface area is 126 Å². The number of anilines is 2. The predicted octanol–water partition coefficient (Wildman–Crippen LogP) is 4.04. The fourth-order valence-corrected chi connectivity index (χ4v) is 4.67. The summed E-state index contributed by atoms with van der Waals surface area (Å²) in [6.45, 7) is 6.92. The minimum atomic E-state index is -0.310. The number of ether oxygens (including phenoxy) is 1. The Balaban J connectivity index is 1.93. The topological polar surface area (TPSA) is 47.3 Å². The Kier molecular flexibility index (Phi) is 3.12. The summed E-state index contributed by atoms with van der Waals surface area (Å²) < 4.78 is 19.5. The monoisotopic (exact) mass is 292 g/mol. The van der Waals surface area contributed by atoms with Gasteiger partial charge in [0.25, 0.3) is 0 Å². The Bertz CT molecular complexity index is 567. The molecule has 3 rings (SSSR count). The molecule has 3 N–H and O–H groups in total. The van der Waals surface area contributed by atoms with Crippen molar-refractivity contribution in [2.24, 2.45) is 16.7 Å². The normalized spacial score (nSPS) is 33.2. The zero-order valence-corrected chi connectivity index (χ0v) is 13.3. The van der Waals surface area contributed by atoms with E-state index in [0.29, 0.717) is 17.1 Å². The second-order valence-corrected chi connectivity index (χ2v) is 7.57. The van der Waals surface area contributed by atoms with E-state index in [9.17, 15) is 4.39 Å². The van der Waals surface area contributed by atoms with Gasteiger partial charge < -0.3 is 15.8 Å². The molecule has 1 aromatic rings. The highest BCUT2D eigenvalue weighted by molar-refractivity contribution is 5.63. The van der Waals surface area contributed by atoms with Crippen molar-refractivity contribution < 1.29 is 9.13 Å². The summed E-state index contributed by atoms with van der Waals surface area (Å²) in [7, 11) is 1.55. The van der Waals surface area contributed by atoms with Gasteiger partial charge >= 0.3 is 0 Å². The highest BCUT2D eigenvalue weighted by atomic mass is 19.1. The predicted molar refractivity (Wildman–Crippen MR) is 84.0 cm³/mol. The van der Waals surface area contributed by atoms with Crippen molar-refractivity contribution in [3.8, 4) is 5.75 Å². The molecule has 1 aromatic carbocycles. The van der Waals surface area contributed by atoms with Crippen LogP contribution in [0.25, 0.3) is 0 Å². The number of fused-ring (bicyclic) bond motifs is 2. The lowest BCUT2D eigenvalue weighted by Gasteiger charge is -2.43. The fraction of sp³-hybridized carbons (Fsp3) is 0.647. The summed E-state index contributed by atoms with van der Waals surface area (Å²) in [5.41, 5.74) is 7.00. The van der Waals surface area contributed by atoms with Crippen molar-refractivity contribution in [1.29, 1.82) is 0 Å². The number of nitrogen functional groups attached to an aromatic ring is 1. The molecule has 2 saturated carbocycles. The molecule has 0 aromatic heterocycles. The van der Waals surface area contributed by atoms with Crippen molar-refractivity contribution in [2.45, 2.75) is 46.1 Å². The first kappa shape index (κ1) is 14.5. The molecule has 2 bridgehead atoms. The Morgan fingerprint density at radius 3 is 2.62 bits per heavy atom. The van der Waals surface area contributed by atoms with Crippen LogP contribution in [0.3, 0.4) is 0 Å². The number of methoxy groups -OCH3 is 1. The molecular formula is C17H25FN2O. The van der Waals surface area contributed by atoms with Crippen molar-refractivity contribution in [1.82, 2.24) is 0 Å². The molecule has 0 aliphatic heterocycles. The van der Waals surface area contributed by atoms with Crippen LogP contribution in [0.5, 0.6) is 5.75 Å². The summed E-state index contributed by atoms with van der Waals surface area (Å²) >= 11 is 0. The molecule has 0 saturated heterocycles. The summed E-state index contributed by atoms with van der Waals surface area (Å²) in [5, 5.41) is 3.46. The maximum Gasteiger partial charge on any atom is 0.148 e. The molecule has 3 atom stereocenters. The first-order chi connectivity index (χ1) is 9.78. The maximum atomic E-state index is 14.2. The molecule has 116 valence electrons. The van der Waals surface area contributed by atoms with Crippen molar-refractivity contribution in [3.63, 3.8) is 0 Å². The summed E-state index contributed by atoms with van der Waals surface area (Å²) in [4.78, 5) is 0. The molecular weight excluding hydrogens is 267 g/mol. The molecule has 0 amide bonds. The zero-order valence-electron chi connectivity index (χ0n) is 13.3. The summed E-state index contributed by atoms with van der Waals surface area (Å²) in [6.07, 6.45) is 3.73. The third-order valence-corrected chi connectivity index (χ3v) is 5.89. The van der Waals surface area contributed by atoms with Gasteiger partial charge in [0.05, 0.1) is 18.5 Å². The standard InChI is InChI=1S/C17H25FN2O/c1-16(2)10-5-6-17(3,9-10)15(16)20-13-8-14(21-4)12(19)7-11(13)18/h7-8,10,15,20H,5-6,9,19H2,1-4H3. The van der Waals surface area contributed by atoms with Crippen LogP contribution >= 0.6 is 0 Å². The van der Waals surface area contributed by atoms with Gasteiger partial charge in [-0.2, -0.15) is 0 Å². The van der Waals surface area contributed by atoms with Crippen LogP contribution in [0.4, 0.5) is 15.8 Å². The first-order valence-corrected chi connectivity index (χ1v) is 7.67. The number of hydrogen-bond donors (Lipinski definition) is 2. The van der Waals surface area contributed by atoms with Crippen LogP contribution in [-0.4, -0.2) is 13.2 Å². The van der Waals surface area contributed by atoms with Gasteiger partial charge in [-0.15, -0.1) is 0 Å². The quantitative estimate of drug-likeness (QED) is 0.826. The van der Waals surface area contributed by atoms with E-state index in [2.05, 4.69) is 26.1 Å². The van der Waals surface area contributed by atoms with Crippen LogP contribution in [0.2, 0.25) is 0 Å². The Morgan fingerprint density at radius 2 is 2.05 bits per heavy atom. The van der Waals surface area contributed by atoms with Crippen LogP contribution in [0, 0.1) is 22.6 Å². The fourth-order valence-electron chi connectivity index (χ4n) is 4.67. The molecule has 0 radical (unpaired) electrons. The number of nitrogens with one attached hydrogen (secondary N) is 1. The molecule has 0 heterocycles. The van der Waals surface area contributed by atoms with Crippen LogP contribution in [0.1, 0.15) is 40.0 Å². The third kappa shape index (κ3) is 2.07. The summed E-state index contributed by atoms with van der Waals surface area (Å²) in [5.74, 6) is 0.930. The number of rotatable bonds is 3. The molecule has 2 fully saturated rings. The van der Waals surface area contributed by atoms with E-state index in [1.54, 1.807) is 13.2 Å². The lowest BCUT2D eigenvalue weighted by atomic mass is 9.68. The second kappa shape index (κ2) is 4.52. The van der Waals surface area contributed by atoms with Crippen LogP contribution in [-0.2, 0) is 0 Å². The molecule has 3 nitrogen and oxygen atoms in total. The highest BCUT2D eigenvalue weighted by Gasteiger charge is 2.59. The lowest BCUT2D eigenvalue weighted by molar-refractivity contribution is 0.155. The average Bonchev–Trinajstić information content (AvgIpc) is 2.88. The molecule has 21 heavy (non-hydrogen) atoms. The van der Waals surface area contributed by atoms with E-state index in [1.165, 1.54) is 25.3 Å². The minimum absolute atomic E-state index is 0.175. The average molecular weight is 292 g/mol. The van der Waals surface area contributed by atoms with Gasteiger partial charge in [-0.25, -0.2) is 4.39 Å². The van der Waals surface area contributed by atoms with Crippen molar-refractivity contribution in [3.05, 3.63) is 17.9 Å². The molecule has 2 aliphatic rings. The first-order valence-electron chi connectivity index (χ1n) is 7.67. The van der Waals surface area contributed by atoms with Gasteiger partial charge in [0.2, 0.25) is 0 Å². The van der Waals surface area contributed by atoms with Crippen LogP contribution in [0.15, 0.2) is 12.1 Å². The van der Waals surface area contributed by atoms with Gasteiger partial charge in [0, 0.05) is 18.2 Å². The second-order valence-electron chi connectivity index (χ2n) is 7.57. The largest absolute Gasteiger partial charge is 0.495 e. The summed E-state index contributed by atoms with van der Waals surface area (Å²) in [6, 6.07) is 3.28. The lowest BCUT2D eigenvalue weighted by Crippen LogP contribution is -2.45. The maximum absolute atomic E-state index is 14.2. The van der Waals surface area contributed by atoms with E-state index in [4.69, 9.17) is 10.5 Å². The Morgan fingerprint density at radius 1 is 1.33 bits per heavy atom. The van der Waals surface area contributed by atoms with Crippen molar-refractivity contribution >= 4 is 11.4 Å². The van der Waals surface area contributed by atoms with E-state index >= 15 is 0 Å². The molecule has 2 aliphatic carbocycles. The number of benzene rings is 1. The molecule has 0 spiro atoms. The van der Waals surface area contributed by atoms with Gasteiger partial charge in [-0.1, -0.05) is 20.8 Å². The van der Waals surface area contributed by atoms with Crippen molar-refractivity contribution in [2.75, 3.05) is 18.2 Å². The van der Waals surface area contributed by atoms with E-state index in [1.807, 2.05) is 0 Å². The third-order valence-electron chi connectivity index (χ3n) is 5.89. The number of hydrogen-bond acceptors (Lipinski definition) is 3.